The third-order valence-corrected chi connectivity index (χ3v) is 7.67. The van der Waals surface area contributed by atoms with E-state index in [1.54, 1.807) is 27.5 Å². The Morgan fingerprint density at radius 3 is 2.73 bits per heavy atom. The normalized spacial score (nSPS) is 21.8. The summed E-state index contributed by atoms with van der Waals surface area (Å²) in [5.41, 5.74) is 1.30. The van der Waals surface area contributed by atoms with Crippen molar-refractivity contribution in [2.75, 3.05) is 45.1 Å². The van der Waals surface area contributed by atoms with E-state index in [4.69, 9.17) is 0 Å². The molecule has 0 radical (unpaired) electrons. The van der Waals surface area contributed by atoms with E-state index >= 15 is 0 Å². The summed E-state index contributed by atoms with van der Waals surface area (Å²) in [5.74, 6) is 0.984. The molecule has 1 aliphatic heterocycles. The Kier molecular flexibility index (Phi) is 5.22. The van der Waals surface area contributed by atoms with E-state index in [0.29, 0.717) is 6.04 Å². The van der Waals surface area contributed by atoms with Crippen LogP contribution in [0, 0.1) is 13.8 Å². The maximum atomic E-state index is 4.57. The molecule has 3 aromatic rings. The second-order valence-electron chi connectivity index (χ2n) is 7.25. The third-order valence-electron chi connectivity index (χ3n) is 5.56. The molecule has 5 nitrogen and oxygen atoms in total. The van der Waals surface area contributed by atoms with E-state index < -0.39 is 0 Å². The van der Waals surface area contributed by atoms with E-state index in [0.717, 1.165) is 17.2 Å². The molecule has 1 saturated heterocycles. The van der Waals surface area contributed by atoms with Gasteiger partial charge in [0.1, 0.15) is 49.2 Å². The number of quaternary nitrogens is 2. The molecule has 1 aliphatic rings. The molecule has 0 aromatic carbocycles. The number of hydrogen-bond donors (Lipinski definition) is 3. The van der Waals surface area contributed by atoms with Crippen molar-refractivity contribution in [1.82, 2.24) is 9.97 Å². The maximum Gasteiger partial charge on any atom is 0.140 e. The number of aryl methyl sites for hydroxylation is 2. The average Bonchev–Trinajstić information content (AvgIpc) is 3.26. The van der Waals surface area contributed by atoms with Crippen molar-refractivity contribution < 1.29 is 9.80 Å². The Morgan fingerprint density at radius 2 is 2.00 bits per heavy atom. The highest BCUT2D eigenvalue weighted by Gasteiger charge is 2.30. The van der Waals surface area contributed by atoms with Gasteiger partial charge in [-0.05, 0) is 30.9 Å². The monoisotopic (exact) mass is 389 g/mol. The van der Waals surface area contributed by atoms with Gasteiger partial charge in [0.25, 0.3) is 0 Å². The highest BCUT2D eigenvalue weighted by atomic mass is 32.1. The molecule has 1 atom stereocenters. The zero-order valence-corrected chi connectivity index (χ0v) is 17.3. The van der Waals surface area contributed by atoms with E-state index in [2.05, 4.69) is 53.7 Å². The van der Waals surface area contributed by atoms with Crippen LogP contribution < -0.4 is 15.1 Å². The molecule has 26 heavy (non-hydrogen) atoms. The molecular formula is C19H27N5S2+2. The fraction of sp³-hybridized carbons (Fsp3) is 0.474. The van der Waals surface area contributed by atoms with Crippen LogP contribution in [0.3, 0.4) is 0 Å². The molecule has 0 aliphatic carbocycles. The lowest BCUT2D eigenvalue weighted by Crippen LogP contribution is -3.27. The summed E-state index contributed by atoms with van der Waals surface area (Å²) in [7, 11) is 2.30. The lowest BCUT2D eigenvalue weighted by Gasteiger charge is -2.33. The van der Waals surface area contributed by atoms with Gasteiger partial charge >= 0.3 is 0 Å². The summed E-state index contributed by atoms with van der Waals surface area (Å²) >= 11 is 3.63. The zero-order valence-electron chi connectivity index (χ0n) is 15.6. The van der Waals surface area contributed by atoms with Crippen LogP contribution in [0.5, 0.6) is 0 Å². The van der Waals surface area contributed by atoms with Crippen LogP contribution in [0.4, 0.5) is 5.82 Å². The summed E-state index contributed by atoms with van der Waals surface area (Å²) in [6.07, 6.45) is 1.69. The number of nitrogens with zero attached hydrogens (tertiary/aromatic N) is 2. The van der Waals surface area contributed by atoms with Gasteiger partial charge in [-0.25, -0.2) is 9.97 Å². The van der Waals surface area contributed by atoms with E-state index in [1.807, 2.05) is 11.3 Å². The van der Waals surface area contributed by atoms with E-state index in [-0.39, 0.29) is 0 Å². The quantitative estimate of drug-likeness (QED) is 0.609. The summed E-state index contributed by atoms with van der Waals surface area (Å²) in [6.45, 7) is 10.2. The Hall–Kier alpha value is -1.54. The van der Waals surface area contributed by atoms with Crippen LogP contribution in [-0.4, -0.2) is 49.7 Å². The number of fused-ring (bicyclic) bond motifs is 1. The van der Waals surface area contributed by atoms with E-state index in [9.17, 15) is 0 Å². The number of likely N-dealkylation sites (N-methyl/N-ethyl adjacent to an activating group) is 1. The molecule has 0 spiro atoms. The summed E-state index contributed by atoms with van der Waals surface area (Å²) in [4.78, 5) is 16.2. The van der Waals surface area contributed by atoms with Crippen LogP contribution in [0.2, 0.25) is 0 Å². The first kappa shape index (κ1) is 17.9. The highest BCUT2D eigenvalue weighted by Crippen LogP contribution is 2.32. The second kappa shape index (κ2) is 7.60. The molecular weight excluding hydrogens is 362 g/mol. The predicted octanol–water partition coefficient (Wildman–Crippen LogP) is 0.936. The van der Waals surface area contributed by atoms with Gasteiger partial charge in [-0.2, -0.15) is 0 Å². The largest absolute Gasteiger partial charge is 0.363 e. The number of rotatable bonds is 5. The van der Waals surface area contributed by atoms with Crippen molar-refractivity contribution in [3.8, 4) is 0 Å². The minimum Gasteiger partial charge on any atom is -0.363 e. The lowest BCUT2D eigenvalue weighted by atomic mass is 10.1. The summed E-state index contributed by atoms with van der Waals surface area (Å²) < 4.78 is 0. The van der Waals surface area contributed by atoms with Crippen molar-refractivity contribution in [2.24, 2.45) is 0 Å². The van der Waals surface area contributed by atoms with E-state index in [1.165, 1.54) is 46.9 Å². The molecule has 4 rings (SSSR count). The fourth-order valence-electron chi connectivity index (χ4n) is 3.80. The molecule has 3 aromatic heterocycles. The zero-order chi connectivity index (χ0) is 18.1. The number of anilines is 1. The molecule has 0 unspecified atom stereocenters. The summed E-state index contributed by atoms with van der Waals surface area (Å²) in [5, 5.41) is 7.06. The van der Waals surface area contributed by atoms with Gasteiger partial charge in [0.05, 0.1) is 23.9 Å². The van der Waals surface area contributed by atoms with Gasteiger partial charge in [0, 0.05) is 4.88 Å². The topological polar surface area (TPSA) is 46.7 Å². The first-order valence-corrected chi connectivity index (χ1v) is 11.0. The first-order chi connectivity index (χ1) is 12.6. The fourth-order valence-corrected chi connectivity index (χ4v) is 5.68. The van der Waals surface area contributed by atoms with Crippen molar-refractivity contribution >= 4 is 38.7 Å². The Morgan fingerprint density at radius 1 is 1.19 bits per heavy atom. The summed E-state index contributed by atoms with van der Waals surface area (Å²) in [6, 6.07) is 4.93. The van der Waals surface area contributed by atoms with Gasteiger partial charge < -0.3 is 15.1 Å². The minimum absolute atomic E-state index is 0.480. The first-order valence-electron chi connectivity index (χ1n) is 9.27. The molecule has 0 saturated carbocycles. The van der Waals surface area contributed by atoms with Crippen molar-refractivity contribution in [1.29, 1.82) is 0 Å². The Labute approximate surface area is 162 Å². The number of thiophene rings is 2. The molecule has 138 valence electrons. The molecule has 1 fully saturated rings. The standard InChI is InChI=1S/C19H25N5S2/c1-13-14(2)26-19-17(13)18(21-12-22-19)20-11-15(16-5-4-10-25-16)24-8-6-23(3)7-9-24/h4-5,10,12,15H,6-9,11H2,1-3H3,(H,20,21,22)/p+2/t15-/m1/s1. The molecule has 3 N–H and O–H groups in total. The van der Waals surface area contributed by atoms with Crippen molar-refractivity contribution in [2.45, 2.75) is 19.9 Å². The molecule has 0 amide bonds. The third kappa shape index (κ3) is 3.49. The SMILES string of the molecule is Cc1sc2ncnc(NC[C@H](c3cccs3)[NH+]3CC[NH+](C)CC3)c2c1C. The van der Waals surface area contributed by atoms with Gasteiger partial charge in [0.15, 0.2) is 0 Å². The van der Waals surface area contributed by atoms with Crippen LogP contribution in [0.15, 0.2) is 23.8 Å². The lowest BCUT2D eigenvalue weighted by molar-refractivity contribution is -1.02. The second-order valence-corrected chi connectivity index (χ2v) is 9.43. The molecule has 4 heterocycles. The van der Waals surface area contributed by atoms with Gasteiger partial charge in [-0.15, -0.1) is 22.7 Å². The number of nitrogens with one attached hydrogen (secondary N) is 3. The number of hydrogen-bond acceptors (Lipinski definition) is 5. The highest BCUT2D eigenvalue weighted by molar-refractivity contribution is 7.18. The van der Waals surface area contributed by atoms with Crippen LogP contribution in [0.25, 0.3) is 10.2 Å². The van der Waals surface area contributed by atoms with Crippen LogP contribution >= 0.6 is 22.7 Å². The van der Waals surface area contributed by atoms with Crippen LogP contribution in [0.1, 0.15) is 21.4 Å². The van der Waals surface area contributed by atoms with Gasteiger partial charge in [0.2, 0.25) is 0 Å². The van der Waals surface area contributed by atoms with Crippen molar-refractivity contribution in [3.05, 3.63) is 39.2 Å². The van der Waals surface area contributed by atoms with Gasteiger partial charge in [-0.1, -0.05) is 6.07 Å². The van der Waals surface area contributed by atoms with Crippen LogP contribution in [-0.2, 0) is 0 Å². The molecule has 0 bridgehead atoms. The predicted molar refractivity (Wildman–Crippen MR) is 110 cm³/mol. The average molecular weight is 390 g/mol. The molecule has 7 heteroatoms. The van der Waals surface area contributed by atoms with Crippen molar-refractivity contribution in [3.63, 3.8) is 0 Å². The maximum absolute atomic E-state index is 4.57. The smallest absolute Gasteiger partial charge is 0.140 e. The number of aromatic nitrogens is 2. The Balaban J connectivity index is 1.57. The minimum atomic E-state index is 0.480. The number of piperazine rings is 1. The van der Waals surface area contributed by atoms with Gasteiger partial charge in [-0.3, -0.25) is 0 Å². The Bertz CT molecular complexity index is 866.